The summed E-state index contributed by atoms with van der Waals surface area (Å²) in [5.74, 6) is -1.89. The lowest BCUT2D eigenvalue weighted by atomic mass is 9.97. The van der Waals surface area contributed by atoms with Crippen LogP contribution in [0.5, 0.6) is 0 Å². The van der Waals surface area contributed by atoms with Crippen molar-refractivity contribution in [1.29, 1.82) is 5.26 Å². The van der Waals surface area contributed by atoms with Crippen molar-refractivity contribution in [2.24, 2.45) is 0 Å². The number of Topliss-reactive ketones (excluding diaryl/α,β-unsaturated/α-hetero) is 1. The molecule has 0 unspecified atom stereocenters. The minimum atomic E-state index is -5.01. The number of benzene rings is 1. The fourth-order valence-corrected chi connectivity index (χ4v) is 1.54. The molecule has 0 saturated carbocycles. The highest BCUT2D eigenvalue weighted by Crippen LogP contribution is 2.36. The van der Waals surface area contributed by atoms with E-state index in [1.54, 1.807) is 0 Å². The Balaban J connectivity index is 3.74. The van der Waals surface area contributed by atoms with Gasteiger partial charge in [0.25, 0.3) is 5.69 Å². The Morgan fingerprint density at radius 2 is 2.05 bits per heavy atom. The molecule has 1 aromatic carbocycles. The van der Waals surface area contributed by atoms with Gasteiger partial charge in [0.15, 0.2) is 5.78 Å². The number of ketones is 1. The quantitative estimate of drug-likeness (QED) is 0.371. The first-order chi connectivity index (χ1) is 8.72. The van der Waals surface area contributed by atoms with Gasteiger partial charge >= 0.3 is 6.18 Å². The third kappa shape index (κ3) is 3.00. The van der Waals surface area contributed by atoms with E-state index in [4.69, 9.17) is 16.9 Å². The Morgan fingerprint density at radius 1 is 1.47 bits per heavy atom. The molecule has 100 valence electrons. The van der Waals surface area contributed by atoms with Crippen LogP contribution in [0.3, 0.4) is 0 Å². The molecule has 0 fully saturated rings. The van der Waals surface area contributed by atoms with E-state index >= 15 is 0 Å². The summed E-state index contributed by atoms with van der Waals surface area (Å²) in [6.45, 7) is 0. The third-order valence-corrected chi connectivity index (χ3v) is 2.40. The van der Waals surface area contributed by atoms with Crippen molar-refractivity contribution in [3.05, 3.63) is 38.9 Å². The Labute approximate surface area is 109 Å². The molecule has 0 aliphatic carbocycles. The Hall–Kier alpha value is -2.14. The Morgan fingerprint density at radius 3 is 2.42 bits per heavy atom. The van der Waals surface area contributed by atoms with Crippen LogP contribution in [0.15, 0.2) is 12.1 Å². The van der Waals surface area contributed by atoms with Crippen LogP contribution in [-0.2, 0) is 6.18 Å². The molecule has 0 bridgehead atoms. The highest BCUT2D eigenvalue weighted by atomic mass is 35.5. The summed E-state index contributed by atoms with van der Waals surface area (Å²) in [6, 6.07) is 2.15. The molecule has 9 heteroatoms. The van der Waals surface area contributed by atoms with Crippen LogP contribution >= 0.6 is 11.6 Å². The molecule has 1 rings (SSSR count). The molecular formula is C10H4ClF3N2O3. The lowest BCUT2D eigenvalue weighted by Gasteiger charge is -2.12. The number of carbonyl (C=O) groups is 1. The second kappa shape index (κ2) is 5.24. The molecule has 0 radical (unpaired) electrons. The predicted octanol–water partition coefficient (Wildman–Crippen LogP) is 2.91. The van der Waals surface area contributed by atoms with Crippen molar-refractivity contribution in [3.63, 3.8) is 0 Å². The van der Waals surface area contributed by atoms with Crippen LogP contribution in [0, 0.1) is 21.4 Å². The molecule has 0 atom stereocenters. The van der Waals surface area contributed by atoms with E-state index in [-0.39, 0.29) is 6.07 Å². The zero-order valence-corrected chi connectivity index (χ0v) is 9.75. The molecule has 0 aliphatic rings. The standard InChI is InChI=1S/C10H4ClF3N2O3/c11-3-8(17)9-5(4-15)1-6(16(18)19)2-7(9)10(12,13)14/h1-2H,3H2. The molecule has 0 saturated heterocycles. The van der Waals surface area contributed by atoms with E-state index < -0.39 is 45.1 Å². The second-order valence-corrected chi connectivity index (χ2v) is 3.61. The summed E-state index contributed by atoms with van der Waals surface area (Å²) < 4.78 is 38.3. The van der Waals surface area contributed by atoms with Crippen LogP contribution in [0.1, 0.15) is 21.5 Å². The first kappa shape index (κ1) is 14.9. The van der Waals surface area contributed by atoms with Crippen LogP contribution in [0.25, 0.3) is 0 Å². The van der Waals surface area contributed by atoms with Gasteiger partial charge in [-0.05, 0) is 0 Å². The molecule has 5 nitrogen and oxygen atoms in total. The van der Waals surface area contributed by atoms with Gasteiger partial charge in [-0.25, -0.2) is 0 Å². The van der Waals surface area contributed by atoms with Crippen LogP contribution < -0.4 is 0 Å². The van der Waals surface area contributed by atoms with Crippen LogP contribution in [0.4, 0.5) is 18.9 Å². The average molecular weight is 293 g/mol. The van der Waals surface area contributed by atoms with E-state index in [0.717, 1.165) is 0 Å². The van der Waals surface area contributed by atoms with Crippen molar-refractivity contribution in [1.82, 2.24) is 0 Å². The van der Waals surface area contributed by atoms with Gasteiger partial charge in [-0.15, -0.1) is 11.6 Å². The second-order valence-electron chi connectivity index (χ2n) is 3.34. The topological polar surface area (TPSA) is 84.0 Å². The van der Waals surface area contributed by atoms with E-state index in [2.05, 4.69) is 0 Å². The van der Waals surface area contributed by atoms with Gasteiger partial charge < -0.3 is 0 Å². The Bertz CT molecular complexity index is 593. The maximum absolute atomic E-state index is 12.8. The molecule has 19 heavy (non-hydrogen) atoms. The molecule has 0 heterocycles. The van der Waals surface area contributed by atoms with Crippen LogP contribution in [0.2, 0.25) is 0 Å². The smallest absolute Gasteiger partial charge is 0.293 e. The summed E-state index contributed by atoms with van der Waals surface area (Å²) in [4.78, 5) is 20.8. The number of halogens is 4. The maximum atomic E-state index is 12.8. The monoisotopic (exact) mass is 292 g/mol. The molecule has 0 aliphatic heterocycles. The summed E-state index contributed by atoms with van der Waals surface area (Å²) in [7, 11) is 0. The fourth-order valence-electron chi connectivity index (χ4n) is 1.41. The van der Waals surface area contributed by atoms with Crippen molar-refractivity contribution in [2.75, 3.05) is 5.88 Å². The van der Waals surface area contributed by atoms with Gasteiger partial charge in [0, 0.05) is 17.7 Å². The first-order valence-electron chi connectivity index (χ1n) is 4.61. The normalized spacial score (nSPS) is 10.9. The highest BCUT2D eigenvalue weighted by molar-refractivity contribution is 6.31. The minimum absolute atomic E-state index is 0.209. The lowest BCUT2D eigenvalue weighted by Crippen LogP contribution is -2.16. The lowest BCUT2D eigenvalue weighted by molar-refractivity contribution is -0.385. The van der Waals surface area contributed by atoms with Gasteiger partial charge in [0.2, 0.25) is 0 Å². The van der Waals surface area contributed by atoms with Crippen molar-refractivity contribution in [2.45, 2.75) is 6.18 Å². The number of nitro groups is 1. The van der Waals surface area contributed by atoms with Gasteiger partial charge in [-0.2, -0.15) is 18.4 Å². The number of hydrogen-bond donors (Lipinski definition) is 0. The minimum Gasteiger partial charge on any atom is -0.293 e. The number of hydrogen-bond acceptors (Lipinski definition) is 4. The third-order valence-electron chi connectivity index (χ3n) is 2.16. The Kier molecular flexibility index (Phi) is 4.11. The molecule has 0 spiro atoms. The zero-order valence-electron chi connectivity index (χ0n) is 8.99. The number of nitrogens with zero attached hydrogens (tertiary/aromatic N) is 2. The number of nitro benzene ring substituents is 1. The highest BCUT2D eigenvalue weighted by Gasteiger charge is 2.38. The molecule has 0 amide bonds. The van der Waals surface area contributed by atoms with Gasteiger partial charge in [-0.3, -0.25) is 14.9 Å². The fraction of sp³-hybridized carbons (Fsp3) is 0.200. The largest absolute Gasteiger partial charge is 0.417 e. The summed E-state index contributed by atoms with van der Waals surface area (Å²) in [6.07, 6.45) is -5.01. The van der Waals surface area contributed by atoms with Crippen molar-refractivity contribution >= 4 is 23.1 Å². The van der Waals surface area contributed by atoms with Crippen LogP contribution in [-0.4, -0.2) is 16.6 Å². The average Bonchev–Trinajstić information content (AvgIpc) is 2.34. The summed E-state index contributed by atoms with van der Waals surface area (Å²) in [5, 5.41) is 19.2. The van der Waals surface area contributed by atoms with E-state index in [1.807, 2.05) is 0 Å². The molecule has 1 aromatic rings. The molecule has 0 N–H and O–H groups in total. The first-order valence-corrected chi connectivity index (χ1v) is 5.14. The van der Waals surface area contributed by atoms with Gasteiger partial charge in [0.1, 0.15) is 6.07 Å². The molecular weight excluding hydrogens is 289 g/mol. The SMILES string of the molecule is N#Cc1cc([N+](=O)[O-])cc(C(F)(F)F)c1C(=O)CCl. The number of nitriles is 1. The van der Waals surface area contributed by atoms with E-state index in [1.165, 1.54) is 6.07 Å². The number of non-ortho nitro benzene ring substituents is 1. The number of carbonyl (C=O) groups excluding carboxylic acids is 1. The van der Waals surface area contributed by atoms with Crippen molar-refractivity contribution < 1.29 is 22.9 Å². The maximum Gasteiger partial charge on any atom is 0.417 e. The zero-order chi connectivity index (χ0) is 14.8. The number of rotatable bonds is 3. The predicted molar refractivity (Wildman–Crippen MR) is 57.9 cm³/mol. The van der Waals surface area contributed by atoms with E-state index in [0.29, 0.717) is 6.07 Å². The van der Waals surface area contributed by atoms with Gasteiger partial charge in [0.05, 0.1) is 21.9 Å². The number of alkyl halides is 4. The summed E-state index contributed by atoms with van der Waals surface area (Å²) >= 11 is 5.18. The molecule has 0 aromatic heterocycles. The van der Waals surface area contributed by atoms with Crippen molar-refractivity contribution in [3.8, 4) is 6.07 Å². The summed E-state index contributed by atoms with van der Waals surface area (Å²) in [5.41, 5.74) is -4.14. The van der Waals surface area contributed by atoms with E-state index in [9.17, 15) is 28.1 Å². The van der Waals surface area contributed by atoms with Gasteiger partial charge in [-0.1, -0.05) is 0 Å².